The zero-order valence-electron chi connectivity index (χ0n) is 12.8. The van der Waals surface area contributed by atoms with Gasteiger partial charge in [0, 0.05) is 6.54 Å². The highest BCUT2D eigenvalue weighted by Gasteiger charge is 2.32. The number of aryl methyl sites for hydroxylation is 2. The van der Waals surface area contributed by atoms with Crippen LogP contribution >= 0.6 is 0 Å². The molecule has 3 nitrogen and oxygen atoms in total. The van der Waals surface area contributed by atoms with Crippen molar-refractivity contribution >= 4 is 5.91 Å². The lowest BCUT2D eigenvalue weighted by atomic mass is 9.97. The molecule has 1 aromatic rings. The van der Waals surface area contributed by atoms with Gasteiger partial charge in [-0.25, -0.2) is 0 Å². The Hall–Kier alpha value is -1.56. The van der Waals surface area contributed by atoms with Gasteiger partial charge in [-0.1, -0.05) is 23.8 Å². The second-order valence-corrected chi connectivity index (χ2v) is 5.82. The highest BCUT2D eigenvalue weighted by molar-refractivity contribution is 5.79. The summed E-state index contributed by atoms with van der Waals surface area (Å²) in [6, 6.07) is 6.08. The number of rotatable bonds is 4. The largest absolute Gasteiger partial charge is 0.401 e. The Morgan fingerprint density at radius 3 is 2.77 bits per heavy atom. The average molecular weight is 314 g/mol. The Morgan fingerprint density at radius 2 is 2.09 bits per heavy atom. The van der Waals surface area contributed by atoms with E-state index in [1.54, 1.807) is 4.90 Å². The smallest absolute Gasteiger partial charge is 0.335 e. The fraction of sp³-hybridized carbons (Fsp3) is 0.562. The summed E-state index contributed by atoms with van der Waals surface area (Å²) in [5.74, 6) is -0.271. The fourth-order valence-corrected chi connectivity index (χ4v) is 2.92. The van der Waals surface area contributed by atoms with Gasteiger partial charge in [0.15, 0.2) is 0 Å². The Balaban J connectivity index is 2.04. The topological polar surface area (TPSA) is 32.3 Å². The maximum Gasteiger partial charge on any atom is 0.401 e. The van der Waals surface area contributed by atoms with Crippen molar-refractivity contribution in [3.63, 3.8) is 0 Å². The highest BCUT2D eigenvalue weighted by Crippen LogP contribution is 2.34. The standard InChI is InChI=1S/C16H21F3N2O/c1-11-5-6-12(2)13(8-11)14-4-3-7-21(14)15(22)9-20-10-16(17,18)19/h5-6,8,14,20H,3-4,7,9-10H2,1-2H3/t14-/m1/s1. The lowest BCUT2D eigenvalue weighted by Crippen LogP contribution is -2.40. The van der Waals surface area contributed by atoms with Crippen molar-refractivity contribution in [3.8, 4) is 0 Å². The number of halogens is 3. The second-order valence-electron chi connectivity index (χ2n) is 5.82. The molecule has 122 valence electrons. The summed E-state index contributed by atoms with van der Waals surface area (Å²) in [5, 5.41) is 2.18. The van der Waals surface area contributed by atoms with Gasteiger partial charge in [0.2, 0.25) is 5.91 Å². The quantitative estimate of drug-likeness (QED) is 0.926. The first-order valence-corrected chi connectivity index (χ1v) is 7.42. The van der Waals surface area contributed by atoms with Gasteiger partial charge in [0.1, 0.15) is 0 Å². The van der Waals surface area contributed by atoms with Crippen LogP contribution in [0.15, 0.2) is 18.2 Å². The number of hydrogen-bond donors (Lipinski definition) is 1. The van der Waals surface area contributed by atoms with Crippen molar-refractivity contribution in [1.29, 1.82) is 0 Å². The summed E-state index contributed by atoms with van der Waals surface area (Å²) in [4.78, 5) is 13.9. The molecule has 1 aliphatic heterocycles. The van der Waals surface area contributed by atoms with Crippen LogP contribution in [0.3, 0.4) is 0 Å². The van der Waals surface area contributed by atoms with E-state index in [2.05, 4.69) is 11.4 Å². The fourth-order valence-electron chi connectivity index (χ4n) is 2.92. The van der Waals surface area contributed by atoms with Crippen molar-refractivity contribution in [1.82, 2.24) is 10.2 Å². The normalized spacial score (nSPS) is 18.8. The van der Waals surface area contributed by atoms with Gasteiger partial charge >= 0.3 is 6.18 Å². The molecule has 1 saturated heterocycles. The van der Waals surface area contributed by atoms with E-state index < -0.39 is 12.7 Å². The third-order valence-electron chi connectivity index (χ3n) is 3.97. The van der Waals surface area contributed by atoms with Crippen LogP contribution in [0.1, 0.15) is 35.6 Å². The average Bonchev–Trinajstić information content (AvgIpc) is 2.89. The zero-order valence-corrected chi connectivity index (χ0v) is 12.8. The monoisotopic (exact) mass is 314 g/mol. The number of carbonyl (C=O) groups excluding carboxylic acids is 1. The number of carbonyl (C=O) groups is 1. The molecule has 0 aromatic heterocycles. The van der Waals surface area contributed by atoms with E-state index in [0.717, 1.165) is 29.5 Å². The first kappa shape index (κ1) is 16.8. The van der Waals surface area contributed by atoms with Gasteiger partial charge in [0.05, 0.1) is 19.1 Å². The molecule has 1 amide bonds. The number of nitrogens with zero attached hydrogens (tertiary/aromatic N) is 1. The minimum absolute atomic E-state index is 0.0277. The molecule has 0 radical (unpaired) electrons. The summed E-state index contributed by atoms with van der Waals surface area (Å²) in [6.07, 6.45) is -2.56. The summed E-state index contributed by atoms with van der Waals surface area (Å²) in [6.45, 7) is 3.18. The third-order valence-corrected chi connectivity index (χ3v) is 3.97. The van der Waals surface area contributed by atoms with Gasteiger partial charge in [0.25, 0.3) is 0 Å². The molecular formula is C16H21F3N2O. The van der Waals surface area contributed by atoms with Gasteiger partial charge < -0.3 is 10.2 Å². The van der Waals surface area contributed by atoms with Crippen LogP contribution in [-0.4, -0.2) is 36.6 Å². The third kappa shape index (κ3) is 4.22. The van der Waals surface area contributed by atoms with Crippen molar-refractivity contribution in [2.45, 2.75) is 38.9 Å². The SMILES string of the molecule is Cc1ccc(C)c([C@H]2CCCN2C(=O)CNCC(F)(F)F)c1. The van der Waals surface area contributed by atoms with E-state index in [-0.39, 0.29) is 18.5 Å². The Bertz CT molecular complexity index is 543. The molecule has 1 heterocycles. The van der Waals surface area contributed by atoms with Crippen molar-refractivity contribution in [2.24, 2.45) is 0 Å². The van der Waals surface area contributed by atoms with Crippen LogP contribution in [-0.2, 0) is 4.79 Å². The van der Waals surface area contributed by atoms with Gasteiger partial charge in [-0.05, 0) is 37.8 Å². The molecule has 0 bridgehead atoms. The van der Waals surface area contributed by atoms with E-state index in [0.29, 0.717) is 6.54 Å². The van der Waals surface area contributed by atoms with Crippen LogP contribution in [0.25, 0.3) is 0 Å². The van der Waals surface area contributed by atoms with Crippen LogP contribution in [0.5, 0.6) is 0 Å². The molecule has 22 heavy (non-hydrogen) atoms. The lowest BCUT2D eigenvalue weighted by Gasteiger charge is -2.27. The lowest BCUT2D eigenvalue weighted by molar-refractivity contribution is -0.134. The molecule has 0 saturated carbocycles. The van der Waals surface area contributed by atoms with E-state index in [9.17, 15) is 18.0 Å². The summed E-state index contributed by atoms with van der Waals surface area (Å²) in [5.41, 5.74) is 3.33. The molecule has 1 aromatic carbocycles. The van der Waals surface area contributed by atoms with Gasteiger partial charge in [-0.15, -0.1) is 0 Å². The Kier molecular flexibility index (Phi) is 5.11. The summed E-state index contributed by atoms with van der Waals surface area (Å²) < 4.78 is 36.4. The van der Waals surface area contributed by atoms with Crippen molar-refractivity contribution in [3.05, 3.63) is 34.9 Å². The number of alkyl halides is 3. The molecule has 0 aliphatic carbocycles. The Morgan fingerprint density at radius 1 is 1.36 bits per heavy atom. The van der Waals surface area contributed by atoms with Crippen LogP contribution in [0.4, 0.5) is 13.2 Å². The second kappa shape index (κ2) is 6.69. The van der Waals surface area contributed by atoms with E-state index in [1.807, 2.05) is 26.0 Å². The predicted octanol–water partition coefficient (Wildman–Crippen LogP) is 3.12. The summed E-state index contributed by atoms with van der Waals surface area (Å²) >= 11 is 0. The molecule has 1 fully saturated rings. The first-order chi connectivity index (χ1) is 10.3. The number of benzene rings is 1. The maximum absolute atomic E-state index is 12.2. The number of amides is 1. The van der Waals surface area contributed by atoms with E-state index >= 15 is 0 Å². The molecule has 1 N–H and O–H groups in total. The predicted molar refractivity (Wildman–Crippen MR) is 78.5 cm³/mol. The number of hydrogen-bond acceptors (Lipinski definition) is 2. The molecular weight excluding hydrogens is 293 g/mol. The van der Waals surface area contributed by atoms with E-state index in [1.165, 1.54) is 0 Å². The molecule has 6 heteroatoms. The summed E-state index contributed by atoms with van der Waals surface area (Å²) in [7, 11) is 0. The Labute approximate surface area is 128 Å². The maximum atomic E-state index is 12.2. The number of nitrogens with one attached hydrogen (secondary N) is 1. The number of likely N-dealkylation sites (tertiary alicyclic amines) is 1. The molecule has 1 aliphatic rings. The molecule has 0 spiro atoms. The minimum Gasteiger partial charge on any atom is -0.335 e. The van der Waals surface area contributed by atoms with Crippen LogP contribution in [0, 0.1) is 13.8 Å². The van der Waals surface area contributed by atoms with Crippen LogP contribution < -0.4 is 5.32 Å². The van der Waals surface area contributed by atoms with Gasteiger partial charge in [-0.2, -0.15) is 13.2 Å². The van der Waals surface area contributed by atoms with Crippen LogP contribution in [0.2, 0.25) is 0 Å². The van der Waals surface area contributed by atoms with Crippen molar-refractivity contribution in [2.75, 3.05) is 19.6 Å². The first-order valence-electron chi connectivity index (χ1n) is 7.42. The van der Waals surface area contributed by atoms with Crippen molar-refractivity contribution < 1.29 is 18.0 Å². The van der Waals surface area contributed by atoms with Gasteiger partial charge in [-0.3, -0.25) is 4.79 Å². The van der Waals surface area contributed by atoms with E-state index in [4.69, 9.17) is 0 Å². The molecule has 1 atom stereocenters. The highest BCUT2D eigenvalue weighted by atomic mass is 19.4. The zero-order chi connectivity index (χ0) is 16.3. The molecule has 0 unspecified atom stereocenters. The molecule has 2 rings (SSSR count). The minimum atomic E-state index is -4.29.